The zero-order chi connectivity index (χ0) is 16.2. The lowest BCUT2D eigenvalue weighted by molar-refractivity contribution is -0.129. The molecule has 2 saturated carbocycles. The van der Waals surface area contributed by atoms with Gasteiger partial charge in [-0.2, -0.15) is 0 Å². The number of rotatable bonds is 2. The van der Waals surface area contributed by atoms with Gasteiger partial charge in [0.05, 0.1) is 6.61 Å². The lowest BCUT2D eigenvalue weighted by atomic mass is 9.54. The molecule has 0 aromatic heterocycles. The molecule has 2 heteroatoms. The summed E-state index contributed by atoms with van der Waals surface area (Å²) in [6, 6.07) is 7.01. The maximum atomic E-state index is 12.5. The van der Waals surface area contributed by atoms with Crippen molar-refractivity contribution in [1.82, 2.24) is 0 Å². The van der Waals surface area contributed by atoms with E-state index in [-0.39, 0.29) is 5.41 Å². The lowest BCUT2D eigenvalue weighted by Crippen LogP contribution is -2.43. The number of ketones is 1. The molecule has 0 unspecified atom stereocenters. The Kier molecular flexibility index (Phi) is 3.64. The summed E-state index contributed by atoms with van der Waals surface area (Å²) < 4.78 is 5.55. The molecule has 124 valence electrons. The highest BCUT2D eigenvalue weighted by atomic mass is 16.5. The van der Waals surface area contributed by atoms with Gasteiger partial charge in [-0.25, -0.2) is 0 Å². The van der Waals surface area contributed by atoms with Gasteiger partial charge in [0.25, 0.3) is 0 Å². The number of fused-ring (bicyclic) bond motifs is 5. The molecule has 0 N–H and O–H groups in total. The first-order valence-corrected chi connectivity index (χ1v) is 9.17. The first-order chi connectivity index (χ1) is 11.0. The number of methoxy groups -OCH3 is 1. The number of ether oxygens (including phenoxy) is 1. The molecule has 1 aromatic carbocycles. The van der Waals surface area contributed by atoms with Gasteiger partial charge in [0, 0.05) is 24.9 Å². The third-order valence-corrected chi connectivity index (χ3v) is 7.15. The summed E-state index contributed by atoms with van der Waals surface area (Å²) in [6.07, 6.45) is 5.37. The molecule has 0 aliphatic heterocycles. The monoisotopic (exact) mass is 312 g/mol. The van der Waals surface area contributed by atoms with E-state index >= 15 is 0 Å². The molecule has 2 nitrogen and oxygen atoms in total. The Balaban J connectivity index is 1.76. The second-order valence-corrected chi connectivity index (χ2v) is 8.32. The largest absolute Gasteiger partial charge is 0.384 e. The number of Topliss-reactive ketones (excluding diaryl/α,β-unsaturated/α-hetero) is 1. The quantitative estimate of drug-likeness (QED) is 0.797. The lowest BCUT2D eigenvalue weighted by Gasteiger charge is -2.50. The van der Waals surface area contributed by atoms with Gasteiger partial charge >= 0.3 is 0 Å². The van der Waals surface area contributed by atoms with Crippen LogP contribution in [0.2, 0.25) is 0 Å². The molecule has 3 aliphatic carbocycles. The molecule has 0 heterocycles. The third-order valence-electron chi connectivity index (χ3n) is 7.15. The first-order valence-electron chi connectivity index (χ1n) is 9.17. The second-order valence-electron chi connectivity index (χ2n) is 8.32. The number of hydrogen-bond donors (Lipinski definition) is 0. The number of aryl methyl sites for hydroxylation is 1. The van der Waals surface area contributed by atoms with Gasteiger partial charge in [-0.05, 0) is 61.5 Å². The fourth-order valence-electron chi connectivity index (χ4n) is 5.97. The Labute approximate surface area is 139 Å². The third kappa shape index (κ3) is 2.21. The average molecular weight is 312 g/mol. The molecule has 0 saturated heterocycles. The van der Waals surface area contributed by atoms with Crippen LogP contribution >= 0.6 is 0 Å². The summed E-state index contributed by atoms with van der Waals surface area (Å²) in [4.78, 5) is 12.5. The molecule has 3 aliphatic rings. The molecular formula is C21H28O2. The van der Waals surface area contributed by atoms with Crippen molar-refractivity contribution in [3.63, 3.8) is 0 Å². The second kappa shape index (κ2) is 5.44. The highest BCUT2D eigenvalue weighted by Crippen LogP contribution is 2.61. The molecule has 23 heavy (non-hydrogen) atoms. The van der Waals surface area contributed by atoms with E-state index < -0.39 is 0 Å². The number of carbonyl (C=O) groups is 1. The van der Waals surface area contributed by atoms with Gasteiger partial charge in [-0.15, -0.1) is 0 Å². The average Bonchev–Trinajstić information content (AvgIpc) is 2.83. The molecule has 2 fully saturated rings. The maximum Gasteiger partial charge on any atom is 0.139 e. The molecule has 0 bridgehead atoms. The Morgan fingerprint density at radius 1 is 1.26 bits per heavy atom. The van der Waals surface area contributed by atoms with Crippen LogP contribution in [0.25, 0.3) is 0 Å². The number of hydrogen-bond acceptors (Lipinski definition) is 2. The van der Waals surface area contributed by atoms with Gasteiger partial charge in [0.2, 0.25) is 0 Å². The van der Waals surface area contributed by atoms with Crippen LogP contribution in [0.4, 0.5) is 0 Å². The SMILES string of the molecule is COC[C@@H]1C[C@@H]2[C@H](CC[C@]3(C)C(=O)CC[C@@H]23)c2ccc(C)cc21. The maximum absolute atomic E-state index is 12.5. The molecule has 0 amide bonds. The Hall–Kier alpha value is -1.15. The topological polar surface area (TPSA) is 26.3 Å². The molecule has 5 atom stereocenters. The zero-order valence-electron chi connectivity index (χ0n) is 14.6. The molecule has 0 spiro atoms. The van der Waals surface area contributed by atoms with Crippen LogP contribution in [0.1, 0.15) is 67.6 Å². The fraction of sp³-hybridized carbons (Fsp3) is 0.667. The summed E-state index contributed by atoms with van der Waals surface area (Å²) in [6.45, 7) is 5.24. The summed E-state index contributed by atoms with van der Waals surface area (Å²) in [7, 11) is 1.81. The number of carbonyl (C=O) groups excluding carboxylic acids is 1. The summed E-state index contributed by atoms with van der Waals surface area (Å²) in [5.41, 5.74) is 4.37. The van der Waals surface area contributed by atoms with E-state index in [2.05, 4.69) is 32.0 Å². The van der Waals surface area contributed by atoms with Crippen LogP contribution in [0.3, 0.4) is 0 Å². The predicted octanol–water partition coefficient (Wildman–Crippen LogP) is 4.61. The Morgan fingerprint density at radius 3 is 2.87 bits per heavy atom. The van der Waals surface area contributed by atoms with Crippen molar-refractivity contribution in [1.29, 1.82) is 0 Å². The van der Waals surface area contributed by atoms with Gasteiger partial charge in [-0.3, -0.25) is 4.79 Å². The van der Waals surface area contributed by atoms with E-state index in [4.69, 9.17) is 4.74 Å². The Bertz CT molecular complexity index is 635. The minimum atomic E-state index is -0.0407. The zero-order valence-corrected chi connectivity index (χ0v) is 14.6. The van der Waals surface area contributed by atoms with Gasteiger partial charge in [-0.1, -0.05) is 30.7 Å². The predicted molar refractivity (Wildman–Crippen MR) is 91.7 cm³/mol. The minimum Gasteiger partial charge on any atom is -0.384 e. The van der Waals surface area contributed by atoms with E-state index in [1.54, 1.807) is 5.56 Å². The highest BCUT2D eigenvalue weighted by Gasteiger charge is 2.55. The van der Waals surface area contributed by atoms with E-state index in [1.165, 1.54) is 24.0 Å². The fourth-order valence-corrected chi connectivity index (χ4v) is 5.97. The van der Waals surface area contributed by atoms with Crippen molar-refractivity contribution in [2.75, 3.05) is 13.7 Å². The summed E-state index contributed by atoms with van der Waals surface area (Å²) in [5.74, 6) is 2.92. The Morgan fingerprint density at radius 2 is 2.09 bits per heavy atom. The van der Waals surface area contributed by atoms with E-state index in [1.807, 2.05) is 7.11 Å². The van der Waals surface area contributed by atoms with Gasteiger partial charge in [0.15, 0.2) is 0 Å². The molecule has 1 aromatic rings. The van der Waals surface area contributed by atoms with E-state index in [0.29, 0.717) is 29.5 Å². The van der Waals surface area contributed by atoms with Crippen molar-refractivity contribution in [2.45, 2.75) is 57.8 Å². The van der Waals surface area contributed by atoms with Crippen molar-refractivity contribution in [2.24, 2.45) is 17.3 Å². The highest BCUT2D eigenvalue weighted by molar-refractivity contribution is 5.87. The molecule has 4 rings (SSSR count). The standard InChI is InChI=1S/C21H28O2/c1-13-4-5-15-16-8-9-21(2)19(6-7-20(21)22)18(16)11-14(12-23-3)17(15)10-13/h4-5,10,14,16,18-19H,6-9,11-12H2,1-3H3/t14-,16+,18+,19-,21-/m0/s1. The van der Waals surface area contributed by atoms with Crippen molar-refractivity contribution in [3.05, 3.63) is 34.9 Å². The van der Waals surface area contributed by atoms with Crippen LogP contribution in [0, 0.1) is 24.2 Å². The van der Waals surface area contributed by atoms with Crippen LogP contribution in [-0.4, -0.2) is 19.5 Å². The van der Waals surface area contributed by atoms with Gasteiger partial charge < -0.3 is 4.74 Å². The van der Waals surface area contributed by atoms with Crippen LogP contribution in [-0.2, 0) is 9.53 Å². The normalized spacial score (nSPS) is 38.8. The van der Waals surface area contributed by atoms with Crippen molar-refractivity contribution in [3.8, 4) is 0 Å². The van der Waals surface area contributed by atoms with E-state index in [0.717, 1.165) is 25.9 Å². The van der Waals surface area contributed by atoms with Crippen molar-refractivity contribution < 1.29 is 9.53 Å². The van der Waals surface area contributed by atoms with Crippen LogP contribution in [0.15, 0.2) is 18.2 Å². The van der Waals surface area contributed by atoms with Crippen LogP contribution in [0.5, 0.6) is 0 Å². The first kappa shape index (κ1) is 15.4. The molecule has 0 radical (unpaired) electrons. The van der Waals surface area contributed by atoms with E-state index in [9.17, 15) is 4.79 Å². The van der Waals surface area contributed by atoms with Gasteiger partial charge in [0.1, 0.15) is 5.78 Å². The summed E-state index contributed by atoms with van der Waals surface area (Å²) >= 11 is 0. The smallest absolute Gasteiger partial charge is 0.139 e. The summed E-state index contributed by atoms with van der Waals surface area (Å²) in [5, 5.41) is 0. The number of benzene rings is 1. The van der Waals surface area contributed by atoms with Crippen molar-refractivity contribution >= 4 is 5.78 Å². The van der Waals surface area contributed by atoms with Crippen LogP contribution < -0.4 is 0 Å². The molecular weight excluding hydrogens is 284 g/mol. The minimum absolute atomic E-state index is 0.0407.